The van der Waals surface area contributed by atoms with E-state index in [0.29, 0.717) is 5.15 Å². The van der Waals surface area contributed by atoms with E-state index in [2.05, 4.69) is 10.2 Å². The second kappa shape index (κ2) is 4.72. The summed E-state index contributed by atoms with van der Waals surface area (Å²) in [5.41, 5.74) is 3.82. The Balaban J connectivity index is 2.56. The molecule has 0 fully saturated rings. The Hall–Kier alpha value is -1.61. The molecule has 88 valence electrons. The second-order valence-corrected chi connectivity index (χ2v) is 4.18. The van der Waals surface area contributed by atoms with Crippen molar-refractivity contribution in [3.05, 3.63) is 40.5 Å². The summed E-state index contributed by atoms with van der Waals surface area (Å²) in [6.07, 6.45) is 0. The van der Waals surface area contributed by atoms with E-state index in [1.807, 2.05) is 38.1 Å². The molecule has 2 aromatic rings. The van der Waals surface area contributed by atoms with Gasteiger partial charge in [-0.2, -0.15) is 0 Å². The van der Waals surface area contributed by atoms with Gasteiger partial charge in [-0.1, -0.05) is 23.7 Å². The smallest absolute Gasteiger partial charge is 0.154 e. The molecule has 0 amide bonds. The summed E-state index contributed by atoms with van der Waals surface area (Å²) in [5.74, 6) is 0.802. The molecule has 0 aliphatic carbocycles. The second-order valence-electron chi connectivity index (χ2n) is 3.82. The summed E-state index contributed by atoms with van der Waals surface area (Å²) in [5, 5.41) is 8.55. The summed E-state index contributed by atoms with van der Waals surface area (Å²) >= 11 is 5.93. The van der Waals surface area contributed by atoms with Crippen LogP contribution >= 0.6 is 11.6 Å². The van der Waals surface area contributed by atoms with Crippen LogP contribution in [0, 0.1) is 13.8 Å². The molecule has 1 heterocycles. The Labute approximate surface area is 105 Å². The highest BCUT2D eigenvalue weighted by Gasteiger charge is 2.10. The molecule has 0 saturated carbocycles. The van der Waals surface area contributed by atoms with E-state index < -0.39 is 0 Å². The van der Waals surface area contributed by atoms with Gasteiger partial charge in [0.2, 0.25) is 0 Å². The molecule has 0 bridgehead atoms. The maximum atomic E-state index is 5.93. The van der Waals surface area contributed by atoms with Crippen molar-refractivity contribution in [1.29, 1.82) is 0 Å². The zero-order valence-electron chi connectivity index (χ0n) is 9.99. The first-order chi connectivity index (χ1) is 8.13. The first-order valence-corrected chi connectivity index (χ1v) is 5.65. The minimum atomic E-state index is 0.453. The van der Waals surface area contributed by atoms with Crippen molar-refractivity contribution in [3.8, 4) is 17.0 Å². The van der Waals surface area contributed by atoms with Crippen LogP contribution < -0.4 is 4.74 Å². The lowest BCUT2D eigenvalue weighted by Crippen LogP contribution is -1.96. The van der Waals surface area contributed by atoms with Crippen molar-refractivity contribution < 1.29 is 4.74 Å². The Kier molecular flexibility index (Phi) is 3.29. The molecule has 0 saturated heterocycles. The first-order valence-electron chi connectivity index (χ1n) is 5.27. The van der Waals surface area contributed by atoms with Crippen LogP contribution in [0.25, 0.3) is 11.3 Å². The van der Waals surface area contributed by atoms with Gasteiger partial charge < -0.3 is 4.74 Å². The van der Waals surface area contributed by atoms with E-state index in [4.69, 9.17) is 16.3 Å². The van der Waals surface area contributed by atoms with Crippen LogP contribution in [0.3, 0.4) is 0 Å². The fraction of sp³-hybridized carbons (Fsp3) is 0.231. The number of hydrogen-bond acceptors (Lipinski definition) is 3. The third kappa shape index (κ3) is 2.24. The SMILES string of the molecule is COc1cccc(-c2nnc(Cl)c(C)c2C)c1. The maximum Gasteiger partial charge on any atom is 0.154 e. The molecule has 2 rings (SSSR count). The van der Waals surface area contributed by atoms with Gasteiger partial charge in [0.1, 0.15) is 5.75 Å². The topological polar surface area (TPSA) is 35.0 Å². The Morgan fingerprint density at radius 2 is 1.88 bits per heavy atom. The predicted octanol–water partition coefficient (Wildman–Crippen LogP) is 3.42. The molecule has 4 heteroatoms. The van der Waals surface area contributed by atoms with Gasteiger partial charge in [-0.05, 0) is 37.1 Å². The molecular formula is C13H13ClN2O. The van der Waals surface area contributed by atoms with Gasteiger partial charge in [0.25, 0.3) is 0 Å². The molecule has 1 aromatic carbocycles. The minimum Gasteiger partial charge on any atom is -0.497 e. The molecule has 0 N–H and O–H groups in total. The molecule has 0 atom stereocenters. The fourth-order valence-corrected chi connectivity index (χ4v) is 1.80. The molecule has 17 heavy (non-hydrogen) atoms. The average Bonchev–Trinajstić information content (AvgIpc) is 2.36. The van der Waals surface area contributed by atoms with Crippen molar-refractivity contribution in [3.63, 3.8) is 0 Å². The molecular weight excluding hydrogens is 236 g/mol. The molecule has 0 spiro atoms. The van der Waals surface area contributed by atoms with Crippen LogP contribution in [0.5, 0.6) is 5.75 Å². The number of ether oxygens (including phenoxy) is 1. The number of benzene rings is 1. The van der Waals surface area contributed by atoms with Crippen LogP contribution in [0.1, 0.15) is 11.1 Å². The van der Waals surface area contributed by atoms with Crippen molar-refractivity contribution in [1.82, 2.24) is 10.2 Å². The fourth-order valence-electron chi connectivity index (χ4n) is 1.62. The Bertz CT molecular complexity index is 555. The lowest BCUT2D eigenvalue weighted by Gasteiger charge is -2.09. The zero-order valence-corrected chi connectivity index (χ0v) is 10.7. The van der Waals surface area contributed by atoms with Gasteiger partial charge in [0, 0.05) is 5.56 Å². The summed E-state index contributed by atoms with van der Waals surface area (Å²) in [6, 6.07) is 7.74. The van der Waals surface area contributed by atoms with E-state index in [1.165, 1.54) is 0 Å². The monoisotopic (exact) mass is 248 g/mol. The normalized spacial score (nSPS) is 10.4. The first kappa shape index (κ1) is 11.9. The van der Waals surface area contributed by atoms with Crippen molar-refractivity contribution in [2.75, 3.05) is 7.11 Å². The number of nitrogens with zero attached hydrogens (tertiary/aromatic N) is 2. The average molecular weight is 249 g/mol. The third-order valence-electron chi connectivity index (χ3n) is 2.81. The number of hydrogen-bond donors (Lipinski definition) is 0. The van der Waals surface area contributed by atoms with Crippen LogP contribution in [0.4, 0.5) is 0 Å². The van der Waals surface area contributed by atoms with Gasteiger partial charge in [-0.3, -0.25) is 0 Å². The quantitative estimate of drug-likeness (QED) is 0.817. The standard InChI is InChI=1S/C13H13ClN2O/c1-8-9(2)13(14)16-15-12(8)10-5-4-6-11(7-10)17-3/h4-7H,1-3H3. The molecule has 0 radical (unpaired) electrons. The zero-order chi connectivity index (χ0) is 12.4. The van der Waals surface area contributed by atoms with Crippen molar-refractivity contribution in [2.45, 2.75) is 13.8 Å². The third-order valence-corrected chi connectivity index (χ3v) is 3.17. The van der Waals surface area contributed by atoms with Gasteiger partial charge >= 0.3 is 0 Å². The summed E-state index contributed by atoms with van der Waals surface area (Å²) < 4.78 is 5.20. The van der Waals surface area contributed by atoms with Gasteiger partial charge in [-0.25, -0.2) is 0 Å². The summed E-state index contributed by atoms with van der Waals surface area (Å²) in [4.78, 5) is 0. The lowest BCUT2D eigenvalue weighted by atomic mass is 10.0. The summed E-state index contributed by atoms with van der Waals surface area (Å²) in [6.45, 7) is 3.93. The van der Waals surface area contributed by atoms with Crippen molar-refractivity contribution in [2.24, 2.45) is 0 Å². The van der Waals surface area contributed by atoms with Crippen LogP contribution in [0.2, 0.25) is 5.15 Å². The largest absolute Gasteiger partial charge is 0.497 e. The van der Waals surface area contributed by atoms with Crippen LogP contribution in [-0.4, -0.2) is 17.3 Å². The van der Waals surface area contributed by atoms with Crippen LogP contribution in [0.15, 0.2) is 24.3 Å². The van der Waals surface area contributed by atoms with Gasteiger partial charge in [0.05, 0.1) is 12.8 Å². The van der Waals surface area contributed by atoms with E-state index in [1.54, 1.807) is 7.11 Å². The summed E-state index contributed by atoms with van der Waals surface area (Å²) in [7, 11) is 1.64. The van der Waals surface area contributed by atoms with Gasteiger partial charge in [0.15, 0.2) is 5.15 Å². The Morgan fingerprint density at radius 3 is 2.59 bits per heavy atom. The highest BCUT2D eigenvalue weighted by Crippen LogP contribution is 2.27. The van der Waals surface area contributed by atoms with E-state index in [0.717, 1.165) is 28.1 Å². The lowest BCUT2D eigenvalue weighted by molar-refractivity contribution is 0.415. The van der Waals surface area contributed by atoms with Crippen molar-refractivity contribution >= 4 is 11.6 Å². The van der Waals surface area contributed by atoms with E-state index >= 15 is 0 Å². The number of aromatic nitrogens is 2. The van der Waals surface area contributed by atoms with E-state index in [9.17, 15) is 0 Å². The molecule has 0 aliphatic heterocycles. The van der Waals surface area contributed by atoms with Crippen LogP contribution in [-0.2, 0) is 0 Å². The predicted molar refractivity (Wildman–Crippen MR) is 68.5 cm³/mol. The van der Waals surface area contributed by atoms with Gasteiger partial charge in [-0.15, -0.1) is 10.2 Å². The molecule has 0 unspecified atom stereocenters. The number of rotatable bonds is 2. The molecule has 3 nitrogen and oxygen atoms in total. The number of methoxy groups -OCH3 is 1. The molecule has 1 aromatic heterocycles. The number of halogens is 1. The van der Waals surface area contributed by atoms with E-state index in [-0.39, 0.29) is 0 Å². The Morgan fingerprint density at radius 1 is 1.12 bits per heavy atom. The molecule has 0 aliphatic rings. The highest BCUT2D eigenvalue weighted by molar-refractivity contribution is 6.30. The highest BCUT2D eigenvalue weighted by atomic mass is 35.5. The minimum absolute atomic E-state index is 0.453. The maximum absolute atomic E-state index is 5.93.